The molecule has 3 aromatic rings. The molecule has 194 valence electrons. The lowest BCUT2D eigenvalue weighted by molar-refractivity contribution is 0.0415. The number of amides is 2. The van der Waals surface area contributed by atoms with Crippen LogP contribution >= 0.6 is 11.6 Å². The quantitative estimate of drug-likeness (QED) is 0.426. The molecule has 4 rings (SSSR count). The fraction of sp³-hybridized carbons (Fsp3) is 0.286. The van der Waals surface area contributed by atoms with E-state index in [0.29, 0.717) is 11.3 Å². The molecule has 1 heterocycles. The van der Waals surface area contributed by atoms with E-state index in [2.05, 4.69) is 10.6 Å². The van der Waals surface area contributed by atoms with E-state index in [1.807, 2.05) is 30.3 Å². The summed E-state index contributed by atoms with van der Waals surface area (Å²) in [5.74, 6) is -2.53. The van der Waals surface area contributed by atoms with Crippen LogP contribution in [0.1, 0.15) is 42.3 Å². The van der Waals surface area contributed by atoms with Crippen molar-refractivity contribution in [2.24, 2.45) is 0 Å². The van der Waals surface area contributed by atoms with Crippen molar-refractivity contribution in [3.8, 4) is 16.9 Å². The van der Waals surface area contributed by atoms with Gasteiger partial charge >= 0.3 is 6.09 Å². The second kappa shape index (κ2) is 10.0. The molecule has 1 aliphatic heterocycles. The Morgan fingerprint density at radius 2 is 1.76 bits per heavy atom. The highest BCUT2D eigenvalue weighted by Crippen LogP contribution is 2.49. The molecular formula is C28H27ClF2N2O4. The van der Waals surface area contributed by atoms with Gasteiger partial charge in [-0.05, 0) is 50.6 Å². The number of alkyl carbamates (subject to hydrolysis) is 1. The van der Waals surface area contributed by atoms with Crippen LogP contribution in [-0.2, 0) is 16.8 Å². The summed E-state index contributed by atoms with van der Waals surface area (Å²) in [5, 5.41) is 5.35. The van der Waals surface area contributed by atoms with E-state index in [0.717, 1.165) is 11.6 Å². The molecule has 2 amide bonds. The third-order valence-corrected chi connectivity index (χ3v) is 6.34. The maximum atomic E-state index is 15.3. The molecule has 0 unspecified atom stereocenters. The van der Waals surface area contributed by atoms with Crippen molar-refractivity contribution in [2.45, 2.75) is 38.4 Å². The van der Waals surface area contributed by atoms with Gasteiger partial charge in [-0.1, -0.05) is 41.9 Å². The van der Waals surface area contributed by atoms with Gasteiger partial charge in [0.2, 0.25) is 0 Å². The summed E-state index contributed by atoms with van der Waals surface area (Å²) in [7, 11) is 1.40. The number of rotatable bonds is 5. The highest BCUT2D eigenvalue weighted by Gasteiger charge is 2.44. The average Bonchev–Trinajstić information content (AvgIpc) is 3.24. The van der Waals surface area contributed by atoms with Crippen molar-refractivity contribution in [3.05, 3.63) is 87.9 Å². The Morgan fingerprint density at radius 3 is 2.41 bits per heavy atom. The van der Waals surface area contributed by atoms with Gasteiger partial charge in [-0.3, -0.25) is 4.79 Å². The molecule has 2 N–H and O–H groups in total. The van der Waals surface area contributed by atoms with E-state index in [1.54, 1.807) is 26.8 Å². The molecule has 0 radical (unpaired) electrons. The molecule has 6 nitrogen and oxygen atoms in total. The average molecular weight is 529 g/mol. The molecule has 0 fully saturated rings. The molecule has 1 atom stereocenters. The smallest absolute Gasteiger partial charge is 0.407 e. The lowest BCUT2D eigenvalue weighted by Gasteiger charge is -2.30. The SMILES string of the molecule is CNC(=O)c1ccc(F)c(F)c1-c1c(Cl)ccc2c1C[C@@](CNC(=O)OC(C)(C)C)(c1ccccc1)O2. The van der Waals surface area contributed by atoms with E-state index in [1.165, 1.54) is 19.2 Å². The third-order valence-electron chi connectivity index (χ3n) is 6.02. The topological polar surface area (TPSA) is 76.7 Å². The molecule has 0 aliphatic carbocycles. The normalized spacial score (nSPS) is 16.5. The van der Waals surface area contributed by atoms with Crippen LogP contribution in [0.15, 0.2) is 54.6 Å². The Kier molecular flexibility index (Phi) is 7.15. The summed E-state index contributed by atoms with van der Waals surface area (Å²) in [6.45, 7) is 5.29. The zero-order chi connectivity index (χ0) is 27.0. The van der Waals surface area contributed by atoms with Gasteiger partial charge in [0, 0.05) is 35.2 Å². The van der Waals surface area contributed by atoms with Gasteiger partial charge in [0.05, 0.1) is 12.1 Å². The fourth-order valence-electron chi connectivity index (χ4n) is 4.43. The van der Waals surface area contributed by atoms with Crippen LogP contribution in [0.3, 0.4) is 0 Å². The van der Waals surface area contributed by atoms with Crippen molar-refractivity contribution < 1.29 is 27.8 Å². The Balaban J connectivity index is 1.84. The van der Waals surface area contributed by atoms with E-state index < -0.39 is 34.8 Å². The minimum absolute atomic E-state index is 0.0194. The molecular weight excluding hydrogens is 502 g/mol. The summed E-state index contributed by atoms with van der Waals surface area (Å²) in [4.78, 5) is 25.1. The molecule has 0 aromatic heterocycles. The molecule has 0 saturated carbocycles. The van der Waals surface area contributed by atoms with Gasteiger partial charge in [-0.15, -0.1) is 0 Å². The number of carbonyl (C=O) groups is 2. The Hall–Kier alpha value is -3.65. The molecule has 0 saturated heterocycles. The predicted octanol–water partition coefficient (Wildman–Crippen LogP) is 6.00. The third kappa shape index (κ3) is 5.25. The number of carbonyl (C=O) groups excluding carboxylic acids is 2. The van der Waals surface area contributed by atoms with Crippen LogP contribution in [0, 0.1) is 11.6 Å². The molecule has 1 aliphatic rings. The van der Waals surface area contributed by atoms with Gasteiger partial charge in [0.25, 0.3) is 5.91 Å². The van der Waals surface area contributed by atoms with Gasteiger partial charge in [-0.25, -0.2) is 13.6 Å². The second-order valence-electron chi connectivity index (χ2n) is 9.76. The van der Waals surface area contributed by atoms with Crippen LogP contribution in [-0.4, -0.2) is 31.2 Å². The Morgan fingerprint density at radius 1 is 1.05 bits per heavy atom. The van der Waals surface area contributed by atoms with Crippen LogP contribution in [0.2, 0.25) is 5.02 Å². The number of benzene rings is 3. The van der Waals surface area contributed by atoms with E-state index in [4.69, 9.17) is 21.1 Å². The largest absolute Gasteiger partial charge is 0.480 e. The van der Waals surface area contributed by atoms with Crippen molar-refractivity contribution in [2.75, 3.05) is 13.6 Å². The fourth-order valence-corrected chi connectivity index (χ4v) is 4.70. The first-order chi connectivity index (χ1) is 17.5. The first kappa shape index (κ1) is 26.4. The minimum Gasteiger partial charge on any atom is -0.480 e. The lowest BCUT2D eigenvalue weighted by atomic mass is 9.85. The first-order valence-electron chi connectivity index (χ1n) is 11.7. The van der Waals surface area contributed by atoms with Gasteiger partial charge in [-0.2, -0.15) is 0 Å². The van der Waals surface area contributed by atoms with E-state index >= 15 is 4.39 Å². The van der Waals surface area contributed by atoms with E-state index in [-0.39, 0.29) is 34.7 Å². The summed E-state index contributed by atoms with van der Waals surface area (Å²) >= 11 is 6.56. The number of ether oxygens (including phenoxy) is 2. The van der Waals surface area contributed by atoms with Gasteiger partial charge in [0.15, 0.2) is 17.2 Å². The minimum atomic E-state index is -1.19. The Bertz CT molecular complexity index is 1360. The lowest BCUT2D eigenvalue weighted by Crippen LogP contribution is -2.45. The zero-order valence-electron chi connectivity index (χ0n) is 20.9. The van der Waals surface area contributed by atoms with Crippen LogP contribution in [0.25, 0.3) is 11.1 Å². The van der Waals surface area contributed by atoms with Crippen molar-refractivity contribution in [3.63, 3.8) is 0 Å². The number of hydrogen-bond acceptors (Lipinski definition) is 4. The predicted molar refractivity (Wildman–Crippen MR) is 137 cm³/mol. The highest BCUT2D eigenvalue weighted by molar-refractivity contribution is 6.34. The summed E-state index contributed by atoms with van der Waals surface area (Å²) in [6, 6.07) is 14.5. The standard InChI is InChI=1S/C28H27ClF2N2O4/c1-27(2,3)37-26(35)33-15-28(16-8-6-5-7-9-16)14-18-21(36-28)13-11-19(29)22(18)23-17(25(34)32-4)10-12-20(30)24(23)31/h5-13H,14-15H2,1-4H3,(H,32,34)(H,33,35)/t28-/m1/s1. The Labute approximate surface area is 218 Å². The van der Waals surface area contributed by atoms with Gasteiger partial charge in [0.1, 0.15) is 11.4 Å². The molecule has 3 aromatic carbocycles. The monoisotopic (exact) mass is 528 g/mol. The highest BCUT2D eigenvalue weighted by atomic mass is 35.5. The van der Waals surface area contributed by atoms with Crippen LogP contribution < -0.4 is 15.4 Å². The summed E-state index contributed by atoms with van der Waals surface area (Å²) in [6.07, 6.45) is -0.472. The summed E-state index contributed by atoms with van der Waals surface area (Å²) < 4.78 is 41.5. The molecule has 37 heavy (non-hydrogen) atoms. The zero-order valence-corrected chi connectivity index (χ0v) is 21.6. The van der Waals surface area contributed by atoms with Crippen LogP contribution in [0.4, 0.5) is 13.6 Å². The maximum absolute atomic E-state index is 15.3. The molecule has 9 heteroatoms. The number of nitrogens with one attached hydrogen (secondary N) is 2. The van der Waals surface area contributed by atoms with Crippen molar-refractivity contribution in [1.29, 1.82) is 0 Å². The number of halogens is 3. The number of fused-ring (bicyclic) bond motifs is 1. The molecule has 0 bridgehead atoms. The number of hydrogen-bond donors (Lipinski definition) is 2. The van der Waals surface area contributed by atoms with Gasteiger partial charge < -0.3 is 20.1 Å². The first-order valence-corrected chi connectivity index (χ1v) is 12.1. The molecule has 0 spiro atoms. The second-order valence-corrected chi connectivity index (χ2v) is 10.2. The van der Waals surface area contributed by atoms with E-state index in [9.17, 15) is 14.0 Å². The van der Waals surface area contributed by atoms with Crippen LogP contribution in [0.5, 0.6) is 5.75 Å². The van der Waals surface area contributed by atoms with Crippen molar-refractivity contribution in [1.82, 2.24) is 10.6 Å². The summed E-state index contributed by atoms with van der Waals surface area (Å²) in [5.41, 5.74) is -0.737. The maximum Gasteiger partial charge on any atom is 0.407 e. The van der Waals surface area contributed by atoms with Crippen molar-refractivity contribution >= 4 is 23.6 Å².